The summed E-state index contributed by atoms with van der Waals surface area (Å²) in [6.07, 6.45) is 0. The predicted molar refractivity (Wildman–Crippen MR) is 86.3 cm³/mol. The number of nitrogens with two attached hydrogens (primary N) is 1. The highest BCUT2D eigenvalue weighted by Gasteiger charge is 2.22. The van der Waals surface area contributed by atoms with E-state index in [0.717, 1.165) is 21.4 Å². The summed E-state index contributed by atoms with van der Waals surface area (Å²) in [6.45, 7) is 0.508. The minimum Gasteiger partial charge on any atom is -0.465 e. The number of nitrogen functional groups attached to an aromatic ring is 1. The smallest absolute Gasteiger partial charge is 0.343 e. The van der Waals surface area contributed by atoms with Crippen molar-refractivity contribution >= 4 is 43.9 Å². The second-order valence-electron chi connectivity index (χ2n) is 4.14. The molecule has 108 valence electrons. The number of hydrogen-bond donors (Lipinski definition) is 2. The fourth-order valence-electron chi connectivity index (χ4n) is 1.79. The Bertz CT molecular complexity index is 721. The molecule has 0 radical (unpaired) electrons. The molecule has 2 aromatic rings. The van der Waals surface area contributed by atoms with Crippen molar-refractivity contribution in [3.63, 3.8) is 0 Å². The second kappa shape index (κ2) is 6.61. The second-order valence-corrected chi connectivity index (χ2v) is 6.07. The SMILES string of the molecule is COC(=O)c1c(NCc2cccc(Br)c2)sc(C#N)c1N. The van der Waals surface area contributed by atoms with E-state index in [0.29, 0.717) is 16.4 Å². The first kappa shape index (κ1) is 15.4. The van der Waals surface area contributed by atoms with Gasteiger partial charge < -0.3 is 15.8 Å². The van der Waals surface area contributed by atoms with Crippen molar-refractivity contribution in [3.05, 3.63) is 44.7 Å². The van der Waals surface area contributed by atoms with E-state index in [4.69, 9.17) is 15.7 Å². The van der Waals surface area contributed by atoms with Gasteiger partial charge in [0.1, 0.15) is 21.5 Å². The highest BCUT2D eigenvalue weighted by molar-refractivity contribution is 9.10. The number of carbonyl (C=O) groups is 1. The average molecular weight is 366 g/mol. The molecule has 0 atom stereocenters. The number of rotatable bonds is 4. The molecule has 0 spiro atoms. The number of halogens is 1. The van der Waals surface area contributed by atoms with Gasteiger partial charge in [-0.1, -0.05) is 28.1 Å². The largest absolute Gasteiger partial charge is 0.465 e. The molecule has 1 heterocycles. The Hall–Kier alpha value is -2.04. The molecule has 21 heavy (non-hydrogen) atoms. The summed E-state index contributed by atoms with van der Waals surface area (Å²) < 4.78 is 5.69. The van der Waals surface area contributed by atoms with Gasteiger partial charge in [0.15, 0.2) is 0 Å². The van der Waals surface area contributed by atoms with Crippen LogP contribution >= 0.6 is 27.3 Å². The number of benzene rings is 1. The van der Waals surface area contributed by atoms with Crippen LogP contribution in [-0.2, 0) is 11.3 Å². The Morgan fingerprint density at radius 2 is 2.33 bits per heavy atom. The predicted octanol–water partition coefficient (Wildman–Crippen LogP) is 3.36. The van der Waals surface area contributed by atoms with Crippen molar-refractivity contribution in [1.82, 2.24) is 0 Å². The van der Waals surface area contributed by atoms with Crippen molar-refractivity contribution in [3.8, 4) is 6.07 Å². The van der Waals surface area contributed by atoms with Crippen LogP contribution in [0.5, 0.6) is 0 Å². The highest BCUT2D eigenvalue weighted by atomic mass is 79.9. The van der Waals surface area contributed by atoms with E-state index in [2.05, 4.69) is 21.2 Å². The molecule has 0 amide bonds. The number of hydrogen-bond acceptors (Lipinski definition) is 6. The molecule has 0 saturated carbocycles. The van der Waals surface area contributed by atoms with Gasteiger partial charge >= 0.3 is 5.97 Å². The molecule has 7 heteroatoms. The first-order valence-electron chi connectivity index (χ1n) is 5.95. The molecular weight excluding hydrogens is 354 g/mol. The van der Waals surface area contributed by atoms with Gasteiger partial charge in [0.05, 0.1) is 12.8 Å². The van der Waals surface area contributed by atoms with Crippen molar-refractivity contribution in [2.45, 2.75) is 6.54 Å². The third kappa shape index (κ3) is 3.35. The minimum absolute atomic E-state index is 0.158. The highest BCUT2D eigenvalue weighted by Crippen LogP contribution is 2.36. The Morgan fingerprint density at radius 1 is 1.57 bits per heavy atom. The van der Waals surface area contributed by atoms with Gasteiger partial charge in [0.25, 0.3) is 0 Å². The quantitative estimate of drug-likeness (QED) is 0.810. The fraction of sp³-hybridized carbons (Fsp3) is 0.143. The summed E-state index contributed by atoms with van der Waals surface area (Å²) in [4.78, 5) is 12.1. The average Bonchev–Trinajstić information content (AvgIpc) is 2.80. The topological polar surface area (TPSA) is 88.1 Å². The third-order valence-electron chi connectivity index (χ3n) is 2.78. The molecule has 0 bridgehead atoms. The number of anilines is 2. The lowest BCUT2D eigenvalue weighted by Crippen LogP contribution is -2.08. The molecule has 1 aromatic carbocycles. The number of methoxy groups -OCH3 is 1. The van der Waals surface area contributed by atoms with Crippen LogP contribution in [0.2, 0.25) is 0 Å². The zero-order valence-electron chi connectivity index (χ0n) is 11.1. The normalized spacial score (nSPS) is 9.95. The number of nitrogens with zero attached hydrogens (tertiary/aromatic N) is 1. The van der Waals surface area contributed by atoms with Gasteiger partial charge in [-0.25, -0.2) is 4.79 Å². The molecule has 5 nitrogen and oxygen atoms in total. The monoisotopic (exact) mass is 365 g/mol. The Balaban J connectivity index is 2.27. The molecule has 0 saturated heterocycles. The van der Waals surface area contributed by atoms with Crippen LogP contribution in [0.4, 0.5) is 10.7 Å². The lowest BCUT2D eigenvalue weighted by molar-refractivity contribution is 0.0603. The molecule has 3 N–H and O–H groups in total. The lowest BCUT2D eigenvalue weighted by atomic mass is 10.2. The van der Waals surface area contributed by atoms with Crippen LogP contribution < -0.4 is 11.1 Å². The van der Waals surface area contributed by atoms with Gasteiger partial charge in [-0.3, -0.25) is 0 Å². The minimum atomic E-state index is -0.554. The standard InChI is InChI=1S/C14H12BrN3O2S/c1-20-14(19)11-12(17)10(6-16)21-13(11)18-7-8-3-2-4-9(15)5-8/h2-5,18H,7,17H2,1H3. The first-order valence-corrected chi connectivity index (χ1v) is 7.56. The summed E-state index contributed by atoms with van der Waals surface area (Å²) in [5.74, 6) is -0.554. The maximum Gasteiger partial charge on any atom is 0.343 e. The number of thiophene rings is 1. The molecule has 0 aliphatic heterocycles. The van der Waals surface area contributed by atoms with Gasteiger partial charge in [-0.05, 0) is 17.7 Å². The van der Waals surface area contributed by atoms with Crippen molar-refractivity contribution in [2.24, 2.45) is 0 Å². The van der Waals surface area contributed by atoms with Crippen LogP contribution in [0, 0.1) is 11.3 Å². The molecule has 1 aromatic heterocycles. The maximum atomic E-state index is 11.8. The first-order chi connectivity index (χ1) is 10.1. The van der Waals surface area contributed by atoms with Crippen molar-refractivity contribution in [1.29, 1.82) is 5.26 Å². The summed E-state index contributed by atoms with van der Waals surface area (Å²) in [6, 6.07) is 9.76. The van der Waals surface area contributed by atoms with Gasteiger partial charge in [-0.15, -0.1) is 11.3 Å². The number of ether oxygens (including phenoxy) is 1. The van der Waals surface area contributed by atoms with Gasteiger partial charge in [-0.2, -0.15) is 5.26 Å². The molecular formula is C14H12BrN3O2S. The molecule has 2 rings (SSSR count). The Morgan fingerprint density at radius 3 is 2.95 bits per heavy atom. The summed E-state index contributed by atoms with van der Waals surface area (Å²) in [5, 5.41) is 12.7. The molecule has 0 unspecified atom stereocenters. The van der Waals surface area contributed by atoms with Crippen LogP contribution in [0.1, 0.15) is 20.8 Å². The maximum absolute atomic E-state index is 11.8. The van der Waals surface area contributed by atoms with Gasteiger partial charge in [0.2, 0.25) is 0 Å². The van der Waals surface area contributed by atoms with E-state index in [-0.39, 0.29) is 11.3 Å². The van der Waals surface area contributed by atoms with Crippen LogP contribution in [0.25, 0.3) is 0 Å². The van der Waals surface area contributed by atoms with E-state index in [9.17, 15) is 4.79 Å². The Kier molecular flexibility index (Phi) is 4.83. The number of carbonyl (C=O) groups excluding carboxylic acids is 1. The number of esters is 1. The summed E-state index contributed by atoms with van der Waals surface area (Å²) >= 11 is 4.55. The summed E-state index contributed by atoms with van der Waals surface area (Å²) in [5.41, 5.74) is 7.23. The number of nitrogens with one attached hydrogen (secondary N) is 1. The van der Waals surface area contributed by atoms with E-state index in [1.54, 1.807) is 0 Å². The lowest BCUT2D eigenvalue weighted by Gasteiger charge is -2.07. The zero-order valence-corrected chi connectivity index (χ0v) is 13.5. The van der Waals surface area contributed by atoms with Crippen LogP contribution in [-0.4, -0.2) is 13.1 Å². The fourth-order valence-corrected chi connectivity index (χ4v) is 3.13. The van der Waals surface area contributed by atoms with E-state index >= 15 is 0 Å². The number of nitriles is 1. The van der Waals surface area contributed by atoms with E-state index in [1.165, 1.54) is 7.11 Å². The molecule has 0 aliphatic carbocycles. The summed E-state index contributed by atoms with van der Waals surface area (Å²) in [7, 11) is 1.28. The molecule has 0 aliphatic rings. The van der Waals surface area contributed by atoms with E-state index in [1.807, 2.05) is 30.3 Å². The van der Waals surface area contributed by atoms with Gasteiger partial charge in [0, 0.05) is 11.0 Å². The third-order valence-corrected chi connectivity index (χ3v) is 4.34. The van der Waals surface area contributed by atoms with Crippen LogP contribution in [0.3, 0.4) is 0 Å². The van der Waals surface area contributed by atoms with Crippen molar-refractivity contribution in [2.75, 3.05) is 18.2 Å². The zero-order chi connectivity index (χ0) is 15.4. The van der Waals surface area contributed by atoms with E-state index < -0.39 is 5.97 Å². The molecule has 0 fully saturated rings. The Labute approximate surface area is 134 Å². The van der Waals surface area contributed by atoms with Crippen molar-refractivity contribution < 1.29 is 9.53 Å². The van der Waals surface area contributed by atoms with Crippen LogP contribution in [0.15, 0.2) is 28.7 Å².